The second-order valence-electron chi connectivity index (χ2n) is 7.10. The van der Waals surface area contributed by atoms with E-state index >= 15 is 0 Å². The summed E-state index contributed by atoms with van der Waals surface area (Å²) in [5.74, 6) is -1.07. The van der Waals surface area contributed by atoms with Crippen molar-refractivity contribution in [1.29, 1.82) is 0 Å². The summed E-state index contributed by atoms with van der Waals surface area (Å²) in [7, 11) is 0. The van der Waals surface area contributed by atoms with Crippen molar-refractivity contribution in [3.63, 3.8) is 0 Å². The van der Waals surface area contributed by atoms with Crippen LogP contribution in [0.1, 0.15) is 43.4 Å². The molecule has 156 valence electrons. The molecule has 3 rings (SSSR count). The molecule has 1 saturated carbocycles. The molecule has 1 atom stereocenters. The fourth-order valence-electron chi connectivity index (χ4n) is 3.50. The molecular formula is C20H25N3O4S2. The first-order valence-electron chi connectivity index (χ1n) is 9.83. The number of ether oxygens (including phenoxy) is 1. The summed E-state index contributed by atoms with van der Waals surface area (Å²) in [4.78, 5) is 39.4. The van der Waals surface area contributed by atoms with Crippen LogP contribution in [0, 0.1) is 0 Å². The molecule has 0 radical (unpaired) electrons. The van der Waals surface area contributed by atoms with Crippen LogP contribution in [-0.4, -0.2) is 53.0 Å². The maximum Gasteiger partial charge on any atom is 0.308 e. The number of carbonyl (C=O) groups is 3. The molecule has 1 aliphatic carbocycles. The molecule has 0 bridgehead atoms. The molecule has 2 N–H and O–H groups in total. The van der Waals surface area contributed by atoms with Gasteiger partial charge in [-0.1, -0.05) is 12.5 Å². The number of hydrogen-bond donors (Lipinski definition) is 2. The second kappa shape index (κ2) is 10.5. The minimum Gasteiger partial charge on any atom is -0.462 e. The van der Waals surface area contributed by atoms with Crippen molar-refractivity contribution in [2.45, 2.75) is 50.7 Å². The molecule has 7 nitrogen and oxygen atoms in total. The summed E-state index contributed by atoms with van der Waals surface area (Å²) < 4.78 is 5.55. The lowest BCUT2D eigenvalue weighted by Gasteiger charge is -2.36. The van der Waals surface area contributed by atoms with E-state index in [-0.39, 0.29) is 29.5 Å². The lowest BCUT2D eigenvalue weighted by molar-refractivity contribution is -0.153. The number of carbonyl (C=O) groups excluding carboxylic acids is 3. The zero-order valence-electron chi connectivity index (χ0n) is 16.1. The summed E-state index contributed by atoms with van der Waals surface area (Å²) >= 11 is 6.86. The second-order valence-corrected chi connectivity index (χ2v) is 8.46. The number of amides is 2. The third-order valence-electron chi connectivity index (χ3n) is 4.97. The van der Waals surface area contributed by atoms with Crippen molar-refractivity contribution in [1.82, 2.24) is 15.5 Å². The van der Waals surface area contributed by atoms with E-state index in [9.17, 15) is 14.4 Å². The average Bonchev–Trinajstić information content (AvgIpc) is 3.22. The Balaban J connectivity index is 1.56. The van der Waals surface area contributed by atoms with Crippen LogP contribution in [0.25, 0.3) is 6.08 Å². The number of rotatable bonds is 5. The van der Waals surface area contributed by atoms with Crippen molar-refractivity contribution < 1.29 is 19.1 Å². The largest absolute Gasteiger partial charge is 0.462 e. The van der Waals surface area contributed by atoms with Crippen LogP contribution >= 0.6 is 23.6 Å². The summed E-state index contributed by atoms with van der Waals surface area (Å²) in [6, 6.07) is 3.01. The van der Waals surface area contributed by atoms with Gasteiger partial charge in [-0.2, -0.15) is 0 Å². The molecule has 9 heteroatoms. The van der Waals surface area contributed by atoms with Crippen molar-refractivity contribution >= 4 is 52.5 Å². The molecule has 1 aromatic rings. The maximum atomic E-state index is 12.4. The zero-order chi connectivity index (χ0) is 20.6. The van der Waals surface area contributed by atoms with Gasteiger partial charge < -0.3 is 15.0 Å². The van der Waals surface area contributed by atoms with E-state index in [1.165, 1.54) is 23.8 Å². The Kier molecular flexibility index (Phi) is 7.76. The van der Waals surface area contributed by atoms with Crippen LogP contribution in [0.5, 0.6) is 0 Å². The number of thiocarbonyl (C=S) groups is 1. The highest BCUT2D eigenvalue weighted by Gasteiger charge is 2.34. The number of nitrogens with one attached hydrogen (secondary N) is 2. The maximum absolute atomic E-state index is 12.4. The van der Waals surface area contributed by atoms with E-state index < -0.39 is 12.0 Å². The number of nitrogens with zero attached hydrogens (tertiary/aromatic N) is 1. The Morgan fingerprint density at radius 3 is 2.86 bits per heavy atom. The number of thiophene rings is 1. The summed E-state index contributed by atoms with van der Waals surface area (Å²) in [6.07, 6.45) is 7.97. The van der Waals surface area contributed by atoms with Crippen LogP contribution in [0.3, 0.4) is 0 Å². The van der Waals surface area contributed by atoms with Gasteiger partial charge in [-0.25, -0.2) is 0 Å². The normalized spacial score (nSPS) is 20.3. The van der Waals surface area contributed by atoms with E-state index in [4.69, 9.17) is 17.0 Å². The highest BCUT2D eigenvalue weighted by molar-refractivity contribution is 7.80. The molecule has 1 aliphatic heterocycles. The van der Waals surface area contributed by atoms with Crippen molar-refractivity contribution in [2.24, 2.45) is 0 Å². The van der Waals surface area contributed by atoms with Gasteiger partial charge in [0.1, 0.15) is 12.1 Å². The Labute approximate surface area is 179 Å². The average molecular weight is 436 g/mol. The monoisotopic (exact) mass is 435 g/mol. The predicted molar refractivity (Wildman–Crippen MR) is 115 cm³/mol. The lowest BCUT2D eigenvalue weighted by atomic mass is 9.98. The molecular weight excluding hydrogens is 410 g/mol. The van der Waals surface area contributed by atoms with E-state index in [0.717, 1.165) is 30.6 Å². The molecule has 1 unspecified atom stereocenters. The van der Waals surface area contributed by atoms with Crippen LogP contribution in [0.15, 0.2) is 23.6 Å². The minimum absolute atomic E-state index is 0.0644. The summed E-state index contributed by atoms with van der Waals surface area (Å²) in [6.45, 7) is 0.814. The van der Waals surface area contributed by atoms with Crippen LogP contribution in [0.2, 0.25) is 0 Å². The van der Waals surface area contributed by atoms with Crippen LogP contribution < -0.4 is 10.6 Å². The number of piperazine rings is 1. The molecule has 1 aromatic heterocycles. The Bertz CT molecular complexity index is 773. The molecule has 0 aromatic carbocycles. The van der Waals surface area contributed by atoms with Gasteiger partial charge in [0.05, 0.1) is 6.42 Å². The highest BCUT2D eigenvalue weighted by atomic mass is 32.1. The zero-order valence-corrected chi connectivity index (χ0v) is 17.7. The van der Waals surface area contributed by atoms with Crippen molar-refractivity contribution in [3.8, 4) is 0 Å². The van der Waals surface area contributed by atoms with E-state index in [1.54, 1.807) is 11.0 Å². The first-order valence-corrected chi connectivity index (χ1v) is 11.1. The molecule has 2 fully saturated rings. The Morgan fingerprint density at radius 1 is 1.34 bits per heavy atom. The number of hydrogen-bond acceptors (Lipinski definition) is 6. The van der Waals surface area contributed by atoms with Crippen LogP contribution in [0.4, 0.5) is 0 Å². The van der Waals surface area contributed by atoms with E-state index in [0.29, 0.717) is 13.1 Å². The lowest BCUT2D eigenvalue weighted by Crippen LogP contribution is -2.60. The molecule has 2 heterocycles. The van der Waals surface area contributed by atoms with Gasteiger partial charge in [-0.05, 0) is 55.4 Å². The topological polar surface area (TPSA) is 87.7 Å². The highest BCUT2D eigenvalue weighted by Crippen LogP contribution is 2.21. The van der Waals surface area contributed by atoms with E-state index in [1.807, 2.05) is 17.5 Å². The van der Waals surface area contributed by atoms with Crippen molar-refractivity contribution in [2.75, 3.05) is 13.1 Å². The van der Waals surface area contributed by atoms with Gasteiger partial charge in [0.2, 0.25) is 11.8 Å². The van der Waals surface area contributed by atoms with Gasteiger partial charge in [0.25, 0.3) is 0 Å². The predicted octanol–water partition coefficient (Wildman–Crippen LogP) is 2.23. The molecule has 2 amide bonds. The Hall–Kier alpha value is -2.26. The smallest absolute Gasteiger partial charge is 0.308 e. The molecule has 1 saturated heterocycles. The van der Waals surface area contributed by atoms with Crippen LogP contribution in [-0.2, 0) is 19.1 Å². The van der Waals surface area contributed by atoms with Gasteiger partial charge >= 0.3 is 5.97 Å². The fraction of sp³-hybridized carbons (Fsp3) is 0.500. The molecule has 0 spiro atoms. The van der Waals surface area contributed by atoms with Gasteiger partial charge in [-0.15, -0.1) is 11.3 Å². The Morgan fingerprint density at radius 2 is 2.14 bits per heavy atom. The first-order chi connectivity index (χ1) is 14.0. The van der Waals surface area contributed by atoms with Gasteiger partial charge in [0, 0.05) is 24.0 Å². The SMILES string of the molecule is O=C(/C=C/c1cccs1)NC(=S)N1CCNC(=O)C1CC(=O)OC1CCCCC1. The summed E-state index contributed by atoms with van der Waals surface area (Å²) in [5, 5.41) is 7.43. The quantitative estimate of drug-likeness (QED) is 0.419. The summed E-state index contributed by atoms with van der Waals surface area (Å²) in [5.41, 5.74) is 0. The van der Waals surface area contributed by atoms with Gasteiger partial charge in [-0.3, -0.25) is 19.7 Å². The fourth-order valence-corrected chi connectivity index (χ4v) is 4.44. The third-order valence-corrected chi connectivity index (χ3v) is 6.15. The minimum atomic E-state index is -0.783. The van der Waals surface area contributed by atoms with Gasteiger partial charge in [0.15, 0.2) is 5.11 Å². The molecule has 2 aliphatic rings. The van der Waals surface area contributed by atoms with Crippen molar-refractivity contribution in [3.05, 3.63) is 28.5 Å². The molecule has 29 heavy (non-hydrogen) atoms. The standard InChI is InChI=1S/C20H25N3O4S2/c24-17(9-8-15-7-4-12-29-15)22-20(28)23-11-10-21-19(26)16(23)13-18(25)27-14-5-2-1-3-6-14/h4,7-9,12,14,16H,1-3,5-6,10-11,13H2,(H,21,26)(H,22,24,28)/b9-8+. The van der Waals surface area contributed by atoms with E-state index in [2.05, 4.69) is 10.6 Å². The third kappa shape index (κ3) is 6.37. The first kappa shape index (κ1) is 21.4. The number of esters is 1.